The van der Waals surface area contributed by atoms with Gasteiger partial charge in [0.05, 0.1) is 6.10 Å². The van der Waals surface area contributed by atoms with E-state index >= 15 is 0 Å². The van der Waals surface area contributed by atoms with Gasteiger partial charge in [0.1, 0.15) is 0 Å². The predicted molar refractivity (Wildman–Crippen MR) is 86.7 cm³/mol. The first-order valence-corrected chi connectivity index (χ1v) is 8.68. The maximum atomic E-state index is 12.7. The van der Waals surface area contributed by atoms with Crippen molar-refractivity contribution in [2.45, 2.75) is 65.0 Å². The molecule has 0 aromatic rings. The first kappa shape index (κ1) is 17.5. The number of urea groups is 1. The quantitative estimate of drug-likeness (QED) is 0.819. The molecule has 0 bridgehead atoms. The Hall–Kier alpha value is -0.810. The lowest BCUT2D eigenvalue weighted by Gasteiger charge is -2.36. The lowest BCUT2D eigenvalue weighted by molar-refractivity contribution is 0.0533. The number of aliphatic hydroxyl groups is 1. The summed E-state index contributed by atoms with van der Waals surface area (Å²) in [5.41, 5.74) is 0.0539. The number of nitrogens with one attached hydrogen (secondary N) is 1. The molecule has 0 radical (unpaired) electrons. The van der Waals surface area contributed by atoms with E-state index < -0.39 is 0 Å². The summed E-state index contributed by atoms with van der Waals surface area (Å²) in [6.45, 7) is 8.66. The van der Waals surface area contributed by atoms with E-state index in [-0.39, 0.29) is 24.1 Å². The molecular weight excluding hydrogens is 280 g/mol. The van der Waals surface area contributed by atoms with Gasteiger partial charge in [-0.25, -0.2) is 4.79 Å². The van der Waals surface area contributed by atoms with Gasteiger partial charge in [0.15, 0.2) is 0 Å². The number of hydrogen-bond donors (Lipinski definition) is 2. The fourth-order valence-electron chi connectivity index (χ4n) is 3.69. The molecule has 22 heavy (non-hydrogen) atoms. The molecule has 1 saturated carbocycles. The highest BCUT2D eigenvalue weighted by molar-refractivity contribution is 5.74. The second kappa shape index (κ2) is 7.64. The fourth-order valence-corrected chi connectivity index (χ4v) is 3.69. The zero-order valence-electron chi connectivity index (χ0n) is 14.3. The maximum absolute atomic E-state index is 12.7. The van der Waals surface area contributed by atoms with Crippen molar-refractivity contribution in [3.05, 3.63) is 0 Å². The molecule has 2 N–H and O–H groups in total. The lowest BCUT2D eigenvalue weighted by Crippen LogP contribution is -2.52. The first-order valence-electron chi connectivity index (χ1n) is 8.68. The number of aliphatic hydroxyl groups excluding tert-OH is 1. The summed E-state index contributed by atoms with van der Waals surface area (Å²) >= 11 is 0. The number of carbonyl (C=O) groups is 1. The minimum absolute atomic E-state index is 0.0147. The Bertz CT molecular complexity index is 367. The summed E-state index contributed by atoms with van der Waals surface area (Å²) in [6.07, 6.45) is 5.34. The average molecular weight is 312 g/mol. The molecule has 0 aromatic carbocycles. The summed E-state index contributed by atoms with van der Waals surface area (Å²) in [4.78, 5) is 14.5. The molecule has 2 aliphatic rings. The van der Waals surface area contributed by atoms with Crippen LogP contribution in [0.2, 0.25) is 0 Å². The van der Waals surface area contributed by atoms with Gasteiger partial charge in [-0.3, -0.25) is 0 Å². The Morgan fingerprint density at radius 2 is 2.09 bits per heavy atom. The molecule has 2 rings (SSSR count). The molecule has 0 aromatic heterocycles. The third-order valence-electron chi connectivity index (χ3n) is 4.63. The Balaban J connectivity index is 1.94. The molecule has 0 spiro atoms. The minimum atomic E-state index is 0.0147. The van der Waals surface area contributed by atoms with Gasteiger partial charge in [-0.15, -0.1) is 0 Å². The van der Waals surface area contributed by atoms with Crippen molar-refractivity contribution >= 4 is 6.03 Å². The van der Waals surface area contributed by atoms with Crippen molar-refractivity contribution in [3.63, 3.8) is 0 Å². The van der Waals surface area contributed by atoms with Gasteiger partial charge in [-0.1, -0.05) is 20.8 Å². The van der Waals surface area contributed by atoms with Gasteiger partial charge in [0.2, 0.25) is 0 Å². The van der Waals surface area contributed by atoms with E-state index in [2.05, 4.69) is 26.1 Å². The van der Waals surface area contributed by atoms with E-state index in [1.165, 1.54) is 0 Å². The third kappa shape index (κ3) is 4.85. The summed E-state index contributed by atoms with van der Waals surface area (Å²) in [6, 6.07) is 0.256. The number of fused-ring (bicyclic) bond motifs is 1. The van der Waals surface area contributed by atoms with Crippen molar-refractivity contribution in [2.24, 2.45) is 11.3 Å². The number of amides is 2. The summed E-state index contributed by atoms with van der Waals surface area (Å²) in [7, 11) is 0. The highest BCUT2D eigenvalue weighted by atomic mass is 16.5. The molecule has 5 nitrogen and oxygen atoms in total. The minimum Gasteiger partial charge on any atom is -0.396 e. The molecule has 1 saturated heterocycles. The standard InChI is InChI=1S/C17H32N2O3/c1-17(2,3)12-19(9-5-10-20)16(21)18-14-6-4-7-15-13(14)8-11-22-15/h13-15,20H,4-12H2,1-3H3,(H,18,21). The Morgan fingerprint density at radius 3 is 2.77 bits per heavy atom. The molecule has 128 valence electrons. The largest absolute Gasteiger partial charge is 0.396 e. The highest BCUT2D eigenvalue weighted by Gasteiger charge is 2.38. The smallest absolute Gasteiger partial charge is 0.317 e. The second-order valence-electron chi connectivity index (χ2n) is 7.91. The first-order chi connectivity index (χ1) is 10.4. The summed E-state index contributed by atoms with van der Waals surface area (Å²) in [5.74, 6) is 0.479. The normalized spacial score (nSPS) is 28.3. The SMILES string of the molecule is CC(C)(C)CN(CCCO)C(=O)NC1CCCC2OCCC12. The monoisotopic (exact) mass is 312 g/mol. The zero-order chi connectivity index (χ0) is 16.2. The van der Waals surface area contributed by atoms with Crippen LogP contribution in [0.15, 0.2) is 0 Å². The zero-order valence-corrected chi connectivity index (χ0v) is 14.3. The number of hydrogen-bond acceptors (Lipinski definition) is 3. The van der Waals surface area contributed by atoms with Crippen LogP contribution in [0.5, 0.6) is 0 Å². The predicted octanol–water partition coefficient (Wildman–Crippen LogP) is 2.38. The molecule has 3 unspecified atom stereocenters. The molecule has 3 atom stereocenters. The van der Waals surface area contributed by atoms with Crippen LogP contribution in [0.4, 0.5) is 4.79 Å². The molecular formula is C17H32N2O3. The van der Waals surface area contributed by atoms with Gasteiger partial charge in [-0.05, 0) is 37.5 Å². The Labute approximate surface area is 134 Å². The van der Waals surface area contributed by atoms with Crippen LogP contribution in [0, 0.1) is 11.3 Å². The van der Waals surface area contributed by atoms with Crippen LogP contribution in [-0.2, 0) is 4.74 Å². The van der Waals surface area contributed by atoms with Gasteiger partial charge in [-0.2, -0.15) is 0 Å². The van der Waals surface area contributed by atoms with E-state index in [0.29, 0.717) is 31.5 Å². The Morgan fingerprint density at radius 1 is 1.32 bits per heavy atom. The van der Waals surface area contributed by atoms with Crippen molar-refractivity contribution in [2.75, 3.05) is 26.3 Å². The van der Waals surface area contributed by atoms with Crippen LogP contribution in [0.3, 0.4) is 0 Å². The molecule has 2 amide bonds. The number of rotatable bonds is 5. The number of nitrogens with zero attached hydrogens (tertiary/aromatic N) is 1. The van der Waals surface area contributed by atoms with Crippen LogP contribution >= 0.6 is 0 Å². The van der Waals surface area contributed by atoms with Gasteiger partial charge in [0.25, 0.3) is 0 Å². The van der Waals surface area contributed by atoms with Crippen LogP contribution in [0.1, 0.15) is 52.9 Å². The van der Waals surface area contributed by atoms with E-state index in [4.69, 9.17) is 9.84 Å². The van der Waals surface area contributed by atoms with Gasteiger partial charge in [0, 0.05) is 38.3 Å². The lowest BCUT2D eigenvalue weighted by atomic mass is 9.82. The molecule has 1 heterocycles. The maximum Gasteiger partial charge on any atom is 0.317 e. The van der Waals surface area contributed by atoms with Crippen molar-refractivity contribution in [1.29, 1.82) is 0 Å². The van der Waals surface area contributed by atoms with Gasteiger partial charge >= 0.3 is 6.03 Å². The van der Waals surface area contributed by atoms with Crippen LogP contribution in [0.25, 0.3) is 0 Å². The Kier molecular flexibility index (Phi) is 6.09. The third-order valence-corrected chi connectivity index (χ3v) is 4.63. The highest BCUT2D eigenvalue weighted by Crippen LogP contribution is 2.34. The van der Waals surface area contributed by atoms with Crippen molar-refractivity contribution in [3.8, 4) is 0 Å². The van der Waals surface area contributed by atoms with E-state index in [0.717, 1.165) is 32.3 Å². The fraction of sp³-hybridized carbons (Fsp3) is 0.941. The topological polar surface area (TPSA) is 61.8 Å². The molecule has 1 aliphatic heterocycles. The molecule has 5 heteroatoms. The van der Waals surface area contributed by atoms with Crippen molar-refractivity contribution in [1.82, 2.24) is 10.2 Å². The second-order valence-corrected chi connectivity index (χ2v) is 7.91. The van der Waals surface area contributed by atoms with E-state index in [9.17, 15) is 4.79 Å². The average Bonchev–Trinajstić information content (AvgIpc) is 2.91. The van der Waals surface area contributed by atoms with Crippen molar-refractivity contribution < 1.29 is 14.6 Å². The molecule has 1 aliphatic carbocycles. The summed E-state index contributed by atoms with van der Waals surface area (Å²) in [5, 5.41) is 12.3. The van der Waals surface area contributed by atoms with E-state index in [1.807, 2.05) is 4.90 Å². The molecule has 2 fully saturated rings. The van der Waals surface area contributed by atoms with E-state index in [1.54, 1.807) is 0 Å². The van der Waals surface area contributed by atoms with Crippen LogP contribution in [-0.4, -0.2) is 54.5 Å². The van der Waals surface area contributed by atoms with Gasteiger partial charge < -0.3 is 20.1 Å². The number of ether oxygens (including phenoxy) is 1. The number of carbonyl (C=O) groups excluding carboxylic acids is 1. The summed E-state index contributed by atoms with van der Waals surface area (Å²) < 4.78 is 5.78. The van der Waals surface area contributed by atoms with Crippen LogP contribution < -0.4 is 5.32 Å².